The third kappa shape index (κ3) is 1.65. The second-order valence-electron chi connectivity index (χ2n) is 4.67. The first kappa shape index (κ1) is 9.97. The van der Waals surface area contributed by atoms with E-state index in [9.17, 15) is 9.90 Å². The summed E-state index contributed by atoms with van der Waals surface area (Å²) in [5.41, 5.74) is 0. The summed E-state index contributed by atoms with van der Waals surface area (Å²) >= 11 is 0. The van der Waals surface area contributed by atoms with E-state index in [4.69, 9.17) is 0 Å². The summed E-state index contributed by atoms with van der Waals surface area (Å²) in [5.74, 6) is 0.590. The Morgan fingerprint density at radius 2 is 2.00 bits per heavy atom. The zero-order valence-electron chi connectivity index (χ0n) is 8.78. The van der Waals surface area contributed by atoms with Crippen LogP contribution < -0.4 is 0 Å². The minimum Gasteiger partial charge on any atom is -0.393 e. The van der Waals surface area contributed by atoms with Crippen molar-refractivity contribution in [3.05, 3.63) is 0 Å². The molecule has 1 amide bonds. The van der Waals surface area contributed by atoms with Crippen molar-refractivity contribution in [3.8, 4) is 0 Å². The van der Waals surface area contributed by atoms with Crippen LogP contribution in [0.2, 0.25) is 0 Å². The average molecular weight is 197 g/mol. The van der Waals surface area contributed by atoms with E-state index in [1.54, 1.807) is 4.90 Å². The largest absolute Gasteiger partial charge is 0.393 e. The Bertz CT molecular complexity index is 229. The lowest BCUT2D eigenvalue weighted by Gasteiger charge is -2.31. The number of carbonyl (C=O) groups excluding carboxylic acids is 1. The molecule has 3 unspecified atom stereocenters. The fraction of sp³-hybridized carbons (Fsp3) is 0.909. The molecule has 3 atom stereocenters. The van der Waals surface area contributed by atoms with E-state index in [0.29, 0.717) is 0 Å². The third-order valence-electron chi connectivity index (χ3n) is 3.77. The van der Waals surface area contributed by atoms with Crippen LogP contribution in [0.1, 0.15) is 32.1 Å². The lowest BCUT2D eigenvalue weighted by molar-refractivity contribution is -0.133. The second-order valence-corrected chi connectivity index (χ2v) is 4.67. The summed E-state index contributed by atoms with van der Waals surface area (Å²) in [6, 6.07) is 0. The molecule has 0 spiro atoms. The highest BCUT2D eigenvalue weighted by atomic mass is 16.3. The van der Waals surface area contributed by atoms with Gasteiger partial charge in [-0.3, -0.25) is 4.79 Å². The van der Waals surface area contributed by atoms with E-state index in [2.05, 4.69) is 0 Å². The van der Waals surface area contributed by atoms with Gasteiger partial charge in [-0.15, -0.1) is 0 Å². The molecule has 1 saturated carbocycles. The van der Waals surface area contributed by atoms with Gasteiger partial charge in [0.05, 0.1) is 6.10 Å². The SMILES string of the molecule is CN1CCC(C2CCCCC2O)C1=O. The molecule has 1 aliphatic heterocycles. The number of amides is 1. The Balaban J connectivity index is 2.03. The van der Waals surface area contributed by atoms with Crippen molar-refractivity contribution in [3.63, 3.8) is 0 Å². The quantitative estimate of drug-likeness (QED) is 0.681. The first-order chi connectivity index (χ1) is 6.70. The van der Waals surface area contributed by atoms with E-state index in [1.165, 1.54) is 6.42 Å². The van der Waals surface area contributed by atoms with Gasteiger partial charge in [-0.2, -0.15) is 0 Å². The lowest BCUT2D eigenvalue weighted by atomic mass is 9.77. The fourth-order valence-corrected chi connectivity index (χ4v) is 2.86. The van der Waals surface area contributed by atoms with Gasteiger partial charge >= 0.3 is 0 Å². The van der Waals surface area contributed by atoms with Crippen LogP contribution in [0.25, 0.3) is 0 Å². The zero-order valence-corrected chi connectivity index (χ0v) is 8.78. The van der Waals surface area contributed by atoms with Crippen LogP contribution >= 0.6 is 0 Å². The topological polar surface area (TPSA) is 40.5 Å². The van der Waals surface area contributed by atoms with Crippen molar-refractivity contribution < 1.29 is 9.90 Å². The predicted octanol–water partition coefficient (Wildman–Crippen LogP) is 1.02. The molecule has 0 aromatic heterocycles. The van der Waals surface area contributed by atoms with Gasteiger partial charge in [-0.25, -0.2) is 0 Å². The molecule has 14 heavy (non-hydrogen) atoms. The molecule has 2 fully saturated rings. The Kier molecular flexibility index (Phi) is 2.77. The number of hydrogen-bond donors (Lipinski definition) is 1. The lowest BCUT2D eigenvalue weighted by Crippen LogP contribution is -2.35. The predicted molar refractivity (Wildman–Crippen MR) is 53.7 cm³/mol. The Morgan fingerprint density at radius 1 is 1.29 bits per heavy atom. The number of aliphatic hydroxyl groups is 1. The van der Waals surface area contributed by atoms with Gasteiger partial charge in [0.15, 0.2) is 0 Å². The van der Waals surface area contributed by atoms with E-state index in [0.717, 1.165) is 32.2 Å². The molecule has 0 aromatic carbocycles. The van der Waals surface area contributed by atoms with Crippen molar-refractivity contribution in [2.24, 2.45) is 11.8 Å². The molecule has 1 saturated heterocycles. The first-order valence-corrected chi connectivity index (χ1v) is 5.63. The standard InChI is InChI=1S/C11H19NO2/c1-12-7-6-9(11(12)14)8-4-2-3-5-10(8)13/h8-10,13H,2-7H2,1H3. The Hall–Kier alpha value is -0.570. The number of aliphatic hydroxyl groups excluding tert-OH is 1. The van der Waals surface area contributed by atoms with Crippen molar-refractivity contribution in [2.75, 3.05) is 13.6 Å². The van der Waals surface area contributed by atoms with Crippen LogP contribution in [0, 0.1) is 11.8 Å². The number of hydrogen-bond acceptors (Lipinski definition) is 2. The Morgan fingerprint density at radius 3 is 2.57 bits per heavy atom. The van der Waals surface area contributed by atoms with Crippen molar-refractivity contribution in [1.29, 1.82) is 0 Å². The summed E-state index contributed by atoms with van der Waals surface area (Å²) in [5, 5.41) is 9.86. The zero-order chi connectivity index (χ0) is 10.1. The molecular formula is C11H19NO2. The van der Waals surface area contributed by atoms with E-state index in [1.807, 2.05) is 7.05 Å². The number of likely N-dealkylation sites (tertiary alicyclic amines) is 1. The minimum absolute atomic E-state index is 0.107. The Labute approximate surface area is 85.1 Å². The summed E-state index contributed by atoms with van der Waals surface area (Å²) in [6.07, 6.45) is 4.92. The molecule has 0 bridgehead atoms. The van der Waals surface area contributed by atoms with Gasteiger partial charge in [-0.1, -0.05) is 12.8 Å². The summed E-state index contributed by atoms with van der Waals surface area (Å²) in [6.45, 7) is 0.868. The molecule has 1 heterocycles. The smallest absolute Gasteiger partial charge is 0.225 e. The highest BCUT2D eigenvalue weighted by Gasteiger charge is 2.39. The van der Waals surface area contributed by atoms with E-state index >= 15 is 0 Å². The minimum atomic E-state index is -0.232. The highest BCUT2D eigenvalue weighted by Crippen LogP contribution is 2.35. The van der Waals surface area contributed by atoms with Gasteiger partial charge in [0.2, 0.25) is 5.91 Å². The van der Waals surface area contributed by atoms with Gasteiger partial charge in [0.25, 0.3) is 0 Å². The maximum absolute atomic E-state index is 11.8. The van der Waals surface area contributed by atoms with Gasteiger partial charge < -0.3 is 10.0 Å². The van der Waals surface area contributed by atoms with Crippen LogP contribution in [-0.2, 0) is 4.79 Å². The van der Waals surface area contributed by atoms with Crippen LogP contribution in [0.15, 0.2) is 0 Å². The molecule has 0 radical (unpaired) electrons. The first-order valence-electron chi connectivity index (χ1n) is 5.63. The second kappa shape index (κ2) is 3.89. The van der Waals surface area contributed by atoms with Crippen molar-refractivity contribution in [2.45, 2.75) is 38.2 Å². The number of carbonyl (C=O) groups is 1. The van der Waals surface area contributed by atoms with Crippen LogP contribution in [0.5, 0.6) is 0 Å². The maximum atomic E-state index is 11.8. The molecule has 3 nitrogen and oxygen atoms in total. The van der Waals surface area contributed by atoms with Crippen molar-refractivity contribution >= 4 is 5.91 Å². The summed E-state index contributed by atoms with van der Waals surface area (Å²) in [7, 11) is 1.86. The molecule has 2 rings (SSSR count). The molecule has 2 aliphatic rings. The molecular weight excluding hydrogens is 178 g/mol. The molecule has 80 valence electrons. The molecule has 3 heteroatoms. The van der Waals surface area contributed by atoms with Crippen LogP contribution in [-0.4, -0.2) is 35.6 Å². The maximum Gasteiger partial charge on any atom is 0.225 e. The summed E-state index contributed by atoms with van der Waals surface area (Å²) < 4.78 is 0. The number of nitrogens with zero attached hydrogens (tertiary/aromatic N) is 1. The molecule has 0 aromatic rings. The highest BCUT2D eigenvalue weighted by molar-refractivity contribution is 5.80. The normalized spacial score (nSPS) is 39.1. The molecule has 1 aliphatic carbocycles. The van der Waals surface area contributed by atoms with Crippen LogP contribution in [0.3, 0.4) is 0 Å². The van der Waals surface area contributed by atoms with Gasteiger partial charge in [-0.05, 0) is 25.2 Å². The van der Waals surface area contributed by atoms with Gasteiger partial charge in [0.1, 0.15) is 0 Å². The fourth-order valence-electron chi connectivity index (χ4n) is 2.86. The van der Waals surface area contributed by atoms with E-state index in [-0.39, 0.29) is 23.8 Å². The van der Waals surface area contributed by atoms with E-state index < -0.39 is 0 Å². The summed E-state index contributed by atoms with van der Waals surface area (Å²) in [4.78, 5) is 13.6. The average Bonchev–Trinajstić information content (AvgIpc) is 2.49. The number of rotatable bonds is 1. The third-order valence-corrected chi connectivity index (χ3v) is 3.77. The van der Waals surface area contributed by atoms with Gasteiger partial charge in [0, 0.05) is 19.5 Å². The van der Waals surface area contributed by atoms with Crippen molar-refractivity contribution in [1.82, 2.24) is 4.90 Å². The monoisotopic (exact) mass is 197 g/mol. The molecule has 1 N–H and O–H groups in total. The van der Waals surface area contributed by atoms with Crippen LogP contribution in [0.4, 0.5) is 0 Å².